The highest BCUT2D eigenvalue weighted by molar-refractivity contribution is 7.99. The molecule has 3 rings (SSSR count). The van der Waals surface area contributed by atoms with E-state index in [0.29, 0.717) is 5.56 Å². The molecule has 0 saturated heterocycles. The van der Waals surface area contributed by atoms with Crippen LogP contribution in [0.2, 0.25) is 0 Å². The van der Waals surface area contributed by atoms with Gasteiger partial charge in [0, 0.05) is 17.4 Å². The summed E-state index contributed by atoms with van der Waals surface area (Å²) >= 11 is 1.32. The second-order valence-corrected chi connectivity index (χ2v) is 12.4. The molecule has 6 nitrogen and oxygen atoms in total. The molecule has 1 heterocycles. The van der Waals surface area contributed by atoms with Crippen LogP contribution in [-0.4, -0.2) is 31.6 Å². The van der Waals surface area contributed by atoms with Crippen LogP contribution in [0.5, 0.6) is 0 Å². The van der Waals surface area contributed by atoms with E-state index in [2.05, 4.69) is 15.0 Å². The van der Waals surface area contributed by atoms with Crippen molar-refractivity contribution >= 4 is 27.7 Å². The molecule has 37 heavy (non-hydrogen) atoms. The van der Waals surface area contributed by atoms with Crippen LogP contribution in [-0.2, 0) is 33.0 Å². The number of nitrogens with zero attached hydrogens (tertiary/aromatic N) is 1. The lowest BCUT2D eigenvalue weighted by molar-refractivity contribution is -0.141. The number of thioether (sulfide) groups is 1. The third-order valence-corrected chi connectivity index (χ3v) is 9.66. The van der Waals surface area contributed by atoms with Gasteiger partial charge in [-0.05, 0) is 57.0 Å². The molecule has 1 aromatic heterocycles. The standard InChI is InChI=1S/C25H31F4N3O3S2/c1-4-24(2,17-11-12-20(19(26)14-17)37(34,35)30-3)23(33)31-15-16-10-13-21(25(27,28)29)32-22(16)36-18-8-6-5-7-9-18/h10-14,18,30H,4-9,15H2,1-3H3,(H,31,33). The minimum Gasteiger partial charge on any atom is -0.351 e. The molecule has 1 fully saturated rings. The molecule has 1 aliphatic carbocycles. The number of halogens is 4. The summed E-state index contributed by atoms with van der Waals surface area (Å²) < 4.78 is 80.7. The third-order valence-electron chi connectivity index (χ3n) is 6.83. The van der Waals surface area contributed by atoms with E-state index < -0.39 is 43.9 Å². The predicted octanol–water partition coefficient (Wildman–Crippen LogP) is 5.56. The van der Waals surface area contributed by atoms with Gasteiger partial charge in [0.1, 0.15) is 21.4 Å². The van der Waals surface area contributed by atoms with Crippen molar-refractivity contribution in [3.05, 3.63) is 53.0 Å². The summed E-state index contributed by atoms with van der Waals surface area (Å²) in [5.41, 5.74) is -1.44. The smallest absolute Gasteiger partial charge is 0.351 e. The van der Waals surface area contributed by atoms with E-state index in [1.807, 2.05) is 0 Å². The van der Waals surface area contributed by atoms with Crippen molar-refractivity contribution in [2.24, 2.45) is 0 Å². The molecule has 0 radical (unpaired) electrons. The Hall–Kier alpha value is -2.18. The Morgan fingerprint density at radius 2 is 1.81 bits per heavy atom. The number of carbonyl (C=O) groups is 1. The molecule has 0 aliphatic heterocycles. The van der Waals surface area contributed by atoms with E-state index in [9.17, 15) is 30.8 Å². The Bertz CT molecular complexity index is 1230. The van der Waals surface area contributed by atoms with Crippen molar-refractivity contribution in [1.82, 2.24) is 15.0 Å². The van der Waals surface area contributed by atoms with Crippen LogP contribution in [0.15, 0.2) is 40.3 Å². The molecule has 1 saturated carbocycles. The second-order valence-electron chi connectivity index (χ2n) is 9.26. The fourth-order valence-corrected chi connectivity index (χ4v) is 6.35. The molecular formula is C25H31F4N3O3S2. The minimum atomic E-state index is -4.58. The van der Waals surface area contributed by atoms with Gasteiger partial charge in [-0.3, -0.25) is 4.79 Å². The molecule has 0 spiro atoms. The van der Waals surface area contributed by atoms with Crippen LogP contribution in [0.25, 0.3) is 0 Å². The number of alkyl halides is 3. The van der Waals surface area contributed by atoms with Crippen molar-refractivity contribution in [1.29, 1.82) is 0 Å². The molecule has 1 atom stereocenters. The van der Waals surface area contributed by atoms with E-state index in [4.69, 9.17) is 0 Å². The maximum absolute atomic E-state index is 14.7. The van der Waals surface area contributed by atoms with E-state index in [1.54, 1.807) is 13.8 Å². The number of hydrogen-bond acceptors (Lipinski definition) is 5. The Kier molecular flexibility index (Phi) is 9.28. The van der Waals surface area contributed by atoms with Gasteiger partial charge >= 0.3 is 6.18 Å². The minimum absolute atomic E-state index is 0.0523. The van der Waals surface area contributed by atoms with Gasteiger partial charge in [-0.25, -0.2) is 22.5 Å². The average molecular weight is 562 g/mol. The second kappa shape index (κ2) is 11.7. The highest BCUT2D eigenvalue weighted by Crippen LogP contribution is 2.37. The van der Waals surface area contributed by atoms with Crippen molar-refractivity contribution in [3.63, 3.8) is 0 Å². The summed E-state index contributed by atoms with van der Waals surface area (Å²) in [7, 11) is -2.84. The molecule has 1 amide bonds. The lowest BCUT2D eigenvalue weighted by Gasteiger charge is -2.28. The number of aromatic nitrogens is 1. The summed E-state index contributed by atoms with van der Waals surface area (Å²) in [4.78, 5) is 16.6. The van der Waals surface area contributed by atoms with Crippen LogP contribution in [0.1, 0.15) is 69.2 Å². The zero-order valence-electron chi connectivity index (χ0n) is 20.9. The SMILES string of the molecule is CCC(C)(C(=O)NCc1ccc(C(F)(F)F)nc1SC1CCCCC1)c1ccc(S(=O)(=O)NC)c(F)c1. The monoisotopic (exact) mass is 561 g/mol. The molecule has 0 bridgehead atoms. The van der Waals surface area contributed by atoms with E-state index in [1.165, 1.54) is 30.9 Å². The Morgan fingerprint density at radius 1 is 1.14 bits per heavy atom. The summed E-state index contributed by atoms with van der Waals surface area (Å²) in [6.45, 7) is 3.29. The van der Waals surface area contributed by atoms with Crippen LogP contribution >= 0.6 is 11.8 Å². The zero-order valence-corrected chi connectivity index (χ0v) is 22.5. The van der Waals surface area contributed by atoms with Crippen LogP contribution in [0, 0.1) is 5.82 Å². The maximum atomic E-state index is 14.7. The number of nitrogens with one attached hydrogen (secondary N) is 2. The van der Waals surface area contributed by atoms with Gasteiger partial charge < -0.3 is 5.32 Å². The lowest BCUT2D eigenvalue weighted by Crippen LogP contribution is -2.41. The molecule has 1 aromatic carbocycles. The van der Waals surface area contributed by atoms with Gasteiger partial charge in [-0.2, -0.15) is 13.2 Å². The zero-order chi connectivity index (χ0) is 27.4. The van der Waals surface area contributed by atoms with E-state index in [-0.39, 0.29) is 28.8 Å². The predicted molar refractivity (Wildman–Crippen MR) is 134 cm³/mol. The summed E-state index contributed by atoms with van der Waals surface area (Å²) in [5, 5.41) is 3.18. The first-order valence-corrected chi connectivity index (χ1v) is 14.4. The largest absolute Gasteiger partial charge is 0.433 e. The fraction of sp³-hybridized carbons (Fsp3) is 0.520. The first-order chi connectivity index (χ1) is 17.3. The average Bonchev–Trinajstić information content (AvgIpc) is 2.87. The van der Waals surface area contributed by atoms with Crippen LogP contribution in [0.3, 0.4) is 0 Å². The van der Waals surface area contributed by atoms with E-state index >= 15 is 0 Å². The molecule has 1 unspecified atom stereocenters. The number of hydrogen-bond donors (Lipinski definition) is 2. The Balaban J connectivity index is 1.84. The van der Waals surface area contributed by atoms with Crippen molar-refractivity contribution in [3.8, 4) is 0 Å². The highest BCUT2D eigenvalue weighted by atomic mass is 32.2. The lowest BCUT2D eigenvalue weighted by atomic mass is 9.79. The third kappa shape index (κ3) is 6.83. The molecule has 12 heteroatoms. The van der Waals surface area contributed by atoms with Gasteiger partial charge in [0.05, 0.1) is 5.41 Å². The van der Waals surface area contributed by atoms with Crippen LogP contribution in [0.4, 0.5) is 17.6 Å². The topological polar surface area (TPSA) is 88.2 Å². The summed E-state index contributed by atoms with van der Waals surface area (Å²) in [6, 6.07) is 5.76. The maximum Gasteiger partial charge on any atom is 0.433 e. The number of sulfonamides is 1. The van der Waals surface area contributed by atoms with Gasteiger partial charge in [0.25, 0.3) is 0 Å². The molecule has 204 valence electrons. The Morgan fingerprint density at radius 3 is 2.38 bits per heavy atom. The summed E-state index contributed by atoms with van der Waals surface area (Å²) in [6.07, 6.45) is 0.617. The molecule has 1 aliphatic rings. The number of benzene rings is 1. The number of pyridine rings is 1. The Labute approximate surface area is 219 Å². The number of rotatable bonds is 9. The molecule has 2 aromatic rings. The number of amides is 1. The highest BCUT2D eigenvalue weighted by Gasteiger charge is 2.36. The first-order valence-electron chi connectivity index (χ1n) is 12.1. The van der Waals surface area contributed by atoms with Gasteiger partial charge in [0.15, 0.2) is 0 Å². The van der Waals surface area contributed by atoms with Gasteiger partial charge in [-0.1, -0.05) is 38.3 Å². The van der Waals surface area contributed by atoms with Gasteiger partial charge in [0.2, 0.25) is 15.9 Å². The first kappa shape index (κ1) is 29.4. The number of carbonyl (C=O) groups excluding carboxylic acids is 1. The molecular weight excluding hydrogens is 530 g/mol. The van der Waals surface area contributed by atoms with Gasteiger partial charge in [-0.15, -0.1) is 11.8 Å². The normalized spacial score (nSPS) is 16.8. The quantitative estimate of drug-likeness (QED) is 0.392. The van der Waals surface area contributed by atoms with Crippen molar-refractivity contribution in [2.75, 3.05) is 7.05 Å². The molecule has 2 N–H and O–H groups in total. The van der Waals surface area contributed by atoms with E-state index in [0.717, 1.165) is 50.3 Å². The van der Waals surface area contributed by atoms with Crippen molar-refractivity contribution < 1.29 is 30.8 Å². The summed E-state index contributed by atoms with van der Waals surface area (Å²) in [5.74, 6) is -1.45. The van der Waals surface area contributed by atoms with Crippen LogP contribution < -0.4 is 10.0 Å². The fourth-order valence-electron chi connectivity index (χ4n) is 4.24. The van der Waals surface area contributed by atoms with Crippen molar-refractivity contribution in [2.45, 2.75) is 85.7 Å².